The molecule has 130 valence electrons. The van der Waals surface area contributed by atoms with Crippen LogP contribution in [0.1, 0.15) is 18.9 Å². The van der Waals surface area contributed by atoms with Gasteiger partial charge in [-0.1, -0.05) is 5.16 Å². The number of benzene rings is 1. The molecule has 3 rings (SSSR count). The molecule has 0 unspecified atom stereocenters. The summed E-state index contributed by atoms with van der Waals surface area (Å²) in [6.45, 7) is 2.19. The van der Waals surface area contributed by atoms with E-state index in [-0.39, 0.29) is 12.9 Å². The van der Waals surface area contributed by atoms with E-state index < -0.39 is 5.97 Å². The van der Waals surface area contributed by atoms with Crippen molar-refractivity contribution in [2.24, 2.45) is 5.16 Å². The fraction of sp³-hybridized carbons (Fsp3) is 0.467. The van der Waals surface area contributed by atoms with Crippen LogP contribution in [0.4, 0.5) is 0 Å². The van der Waals surface area contributed by atoms with Crippen LogP contribution >= 0.6 is 31.9 Å². The molecule has 1 aromatic carbocycles. The minimum Gasteiger partial charge on any atom is -0.492 e. The Morgan fingerprint density at radius 3 is 2.75 bits per heavy atom. The maximum absolute atomic E-state index is 11.7. The van der Waals surface area contributed by atoms with Crippen LogP contribution < -0.4 is 14.2 Å². The average molecular weight is 465 g/mol. The lowest BCUT2D eigenvalue weighted by molar-refractivity contribution is -0.135. The lowest BCUT2D eigenvalue weighted by Gasteiger charge is -2.16. The number of halogens is 2. The maximum Gasteiger partial charge on any atom is 0.356 e. The van der Waals surface area contributed by atoms with Crippen LogP contribution in [0.2, 0.25) is 0 Å². The average Bonchev–Trinajstić information content (AvgIpc) is 3.22. The lowest BCUT2D eigenvalue weighted by atomic mass is 10.0. The molecular weight excluding hydrogens is 450 g/mol. The number of fused-ring (bicyclic) bond motifs is 1. The van der Waals surface area contributed by atoms with Crippen LogP contribution in [0.3, 0.4) is 0 Å². The molecule has 1 aromatic rings. The first-order valence-corrected chi connectivity index (χ1v) is 8.88. The molecule has 0 bridgehead atoms. The number of ether oxygens (including phenoxy) is 4. The molecule has 0 amide bonds. The summed E-state index contributed by atoms with van der Waals surface area (Å²) in [4.78, 5) is 17.1. The quantitative estimate of drug-likeness (QED) is 0.623. The number of hydrogen-bond acceptors (Lipinski definition) is 7. The number of carbonyl (C=O) groups is 1. The van der Waals surface area contributed by atoms with Gasteiger partial charge in [-0.3, -0.25) is 0 Å². The zero-order chi connectivity index (χ0) is 17.3. The molecule has 0 radical (unpaired) electrons. The summed E-state index contributed by atoms with van der Waals surface area (Å²) in [6.07, 6.45) is 0.608. The number of oxime groups is 1. The summed E-state index contributed by atoms with van der Waals surface area (Å²) < 4.78 is 22.8. The molecule has 0 aromatic heterocycles. The van der Waals surface area contributed by atoms with Crippen molar-refractivity contribution < 1.29 is 28.6 Å². The Bertz CT molecular complexity index is 706. The SMILES string of the molecule is CCOC(=O)C1=NO[C@H](Cc2c(Br)c(OC)c3c(c2Br)OCO3)C1. The second-order valence-electron chi connectivity index (χ2n) is 5.10. The Kier molecular flexibility index (Phi) is 5.19. The molecule has 7 nitrogen and oxygen atoms in total. The molecule has 0 spiro atoms. The molecule has 2 aliphatic heterocycles. The normalized spacial score (nSPS) is 18.2. The molecule has 24 heavy (non-hydrogen) atoms. The summed E-state index contributed by atoms with van der Waals surface area (Å²) in [6, 6.07) is 0. The number of rotatable bonds is 5. The number of methoxy groups -OCH3 is 1. The van der Waals surface area contributed by atoms with Crippen LogP contribution in [0.5, 0.6) is 17.2 Å². The van der Waals surface area contributed by atoms with E-state index in [1.165, 1.54) is 0 Å². The van der Waals surface area contributed by atoms with E-state index in [2.05, 4.69) is 37.0 Å². The van der Waals surface area contributed by atoms with Gasteiger partial charge in [-0.25, -0.2) is 4.79 Å². The monoisotopic (exact) mass is 463 g/mol. The van der Waals surface area contributed by atoms with Gasteiger partial charge < -0.3 is 23.8 Å². The lowest BCUT2D eigenvalue weighted by Crippen LogP contribution is -2.19. The molecular formula is C15H15Br2NO6. The predicted octanol–water partition coefficient (Wildman–Crippen LogP) is 3.20. The minimum absolute atomic E-state index is 0.135. The van der Waals surface area contributed by atoms with Crippen molar-refractivity contribution in [3.63, 3.8) is 0 Å². The van der Waals surface area contributed by atoms with Gasteiger partial charge in [-0.2, -0.15) is 0 Å². The van der Waals surface area contributed by atoms with E-state index in [0.29, 0.717) is 42.4 Å². The molecule has 9 heteroatoms. The van der Waals surface area contributed by atoms with E-state index in [9.17, 15) is 4.79 Å². The molecule has 0 N–H and O–H groups in total. The zero-order valence-corrected chi connectivity index (χ0v) is 16.2. The van der Waals surface area contributed by atoms with Crippen molar-refractivity contribution in [1.82, 2.24) is 0 Å². The van der Waals surface area contributed by atoms with E-state index >= 15 is 0 Å². The van der Waals surface area contributed by atoms with Gasteiger partial charge in [0.15, 0.2) is 17.2 Å². The Morgan fingerprint density at radius 1 is 1.29 bits per heavy atom. The first-order valence-electron chi connectivity index (χ1n) is 7.30. The molecule has 0 aliphatic carbocycles. The van der Waals surface area contributed by atoms with Crippen molar-refractivity contribution in [2.45, 2.75) is 25.9 Å². The molecule has 2 heterocycles. The summed E-state index contributed by atoms with van der Waals surface area (Å²) in [5.74, 6) is 1.26. The summed E-state index contributed by atoms with van der Waals surface area (Å²) in [5.41, 5.74) is 1.18. The van der Waals surface area contributed by atoms with Gasteiger partial charge in [0.25, 0.3) is 0 Å². The van der Waals surface area contributed by atoms with Crippen molar-refractivity contribution in [1.29, 1.82) is 0 Å². The highest BCUT2D eigenvalue weighted by atomic mass is 79.9. The van der Waals surface area contributed by atoms with Crippen molar-refractivity contribution in [3.8, 4) is 17.2 Å². The highest BCUT2D eigenvalue weighted by Gasteiger charge is 2.33. The van der Waals surface area contributed by atoms with Crippen LogP contribution in [0, 0.1) is 0 Å². The van der Waals surface area contributed by atoms with Gasteiger partial charge in [0.05, 0.1) is 22.7 Å². The molecule has 1 atom stereocenters. The minimum atomic E-state index is -0.443. The molecule has 0 fully saturated rings. The van der Waals surface area contributed by atoms with Crippen LogP contribution in [0.15, 0.2) is 14.1 Å². The highest BCUT2D eigenvalue weighted by Crippen LogP contribution is 2.52. The first-order chi connectivity index (χ1) is 11.6. The topological polar surface area (TPSA) is 75.6 Å². The Balaban J connectivity index is 1.81. The van der Waals surface area contributed by atoms with Crippen molar-refractivity contribution in [3.05, 3.63) is 14.5 Å². The van der Waals surface area contributed by atoms with Gasteiger partial charge in [-0.05, 0) is 44.3 Å². The maximum atomic E-state index is 11.7. The summed E-state index contributed by atoms with van der Waals surface area (Å²) >= 11 is 7.09. The third-order valence-corrected chi connectivity index (χ3v) is 5.31. The highest BCUT2D eigenvalue weighted by molar-refractivity contribution is 9.11. The van der Waals surface area contributed by atoms with E-state index in [1.807, 2.05) is 0 Å². The van der Waals surface area contributed by atoms with Gasteiger partial charge >= 0.3 is 5.97 Å². The van der Waals surface area contributed by atoms with Gasteiger partial charge in [-0.15, -0.1) is 0 Å². The van der Waals surface area contributed by atoms with Crippen LogP contribution in [0.25, 0.3) is 0 Å². The number of carbonyl (C=O) groups excluding carboxylic acids is 1. The molecule has 2 aliphatic rings. The fourth-order valence-electron chi connectivity index (χ4n) is 2.54. The zero-order valence-electron chi connectivity index (χ0n) is 13.1. The van der Waals surface area contributed by atoms with Gasteiger partial charge in [0.2, 0.25) is 12.5 Å². The molecule has 0 saturated heterocycles. The fourth-order valence-corrected chi connectivity index (χ4v) is 4.16. The van der Waals surface area contributed by atoms with E-state index in [0.717, 1.165) is 14.5 Å². The summed E-state index contributed by atoms with van der Waals surface area (Å²) in [5, 5.41) is 3.83. The predicted molar refractivity (Wildman–Crippen MR) is 91.8 cm³/mol. The van der Waals surface area contributed by atoms with E-state index in [1.54, 1.807) is 14.0 Å². The smallest absolute Gasteiger partial charge is 0.356 e. The molecule has 0 saturated carbocycles. The Labute approximate surface area is 155 Å². The van der Waals surface area contributed by atoms with Gasteiger partial charge in [0.1, 0.15) is 6.10 Å². The van der Waals surface area contributed by atoms with Crippen molar-refractivity contribution >= 4 is 43.5 Å². The van der Waals surface area contributed by atoms with Gasteiger partial charge in [0, 0.05) is 12.8 Å². The Morgan fingerprint density at radius 2 is 2.04 bits per heavy atom. The van der Waals surface area contributed by atoms with Crippen molar-refractivity contribution in [2.75, 3.05) is 20.5 Å². The second kappa shape index (κ2) is 7.18. The number of hydrogen-bond donors (Lipinski definition) is 0. The Hall–Kier alpha value is -1.48. The largest absolute Gasteiger partial charge is 0.492 e. The third kappa shape index (κ3) is 3.06. The van der Waals surface area contributed by atoms with E-state index in [4.69, 9.17) is 23.8 Å². The summed E-state index contributed by atoms with van der Waals surface area (Å²) in [7, 11) is 1.56. The van der Waals surface area contributed by atoms with Crippen LogP contribution in [-0.2, 0) is 20.8 Å². The number of esters is 1. The standard InChI is InChI=1S/C15H15Br2NO6/c1-3-21-15(19)9-5-7(24-18-9)4-8-10(16)12(20-2)14-13(11(8)17)22-6-23-14/h7H,3-6H2,1-2H3/t7-/m1/s1. The first kappa shape index (κ1) is 17.3. The second-order valence-corrected chi connectivity index (χ2v) is 6.68. The third-order valence-electron chi connectivity index (χ3n) is 3.63. The number of nitrogens with zero attached hydrogens (tertiary/aromatic N) is 1. The van der Waals surface area contributed by atoms with Crippen LogP contribution in [-0.4, -0.2) is 38.3 Å².